The number of likely N-dealkylation sites (tertiary alicyclic amines) is 1. The highest BCUT2D eigenvalue weighted by atomic mass is 16.2. The lowest BCUT2D eigenvalue weighted by atomic mass is 9.94. The first-order valence-electron chi connectivity index (χ1n) is 10.1. The van der Waals surface area contributed by atoms with Gasteiger partial charge in [-0.25, -0.2) is 0 Å². The summed E-state index contributed by atoms with van der Waals surface area (Å²) < 4.78 is 0. The van der Waals surface area contributed by atoms with Gasteiger partial charge in [0, 0.05) is 24.7 Å². The van der Waals surface area contributed by atoms with Gasteiger partial charge in [0.1, 0.15) is 0 Å². The summed E-state index contributed by atoms with van der Waals surface area (Å²) in [6.45, 7) is 9.46. The first-order valence-corrected chi connectivity index (χ1v) is 10.1. The summed E-state index contributed by atoms with van der Waals surface area (Å²) in [4.78, 5) is 27.2. The highest BCUT2D eigenvalue weighted by Gasteiger charge is 2.27. The second-order valence-corrected chi connectivity index (χ2v) is 8.08. The van der Waals surface area contributed by atoms with Crippen LogP contribution in [0.4, 0.5) is 5.69 Å². The Kier molecular flexibility index (Phi) is 6.18. The van der Waals surface area contributed by atoms with Gasteiger partial charge in [-0.3, -0.25) is 9.59 Å². The summed E-state index contributed by atoms with van der Waals surface area (Å²) >= 11 is 0. The van der Waals surface area contributed by atoms with Gasteiger partial charge in [-0.2, -0.15) is 0 Å². The van der Waals surface area contributed by atoms with E-state index in [2.05, 4.69) is 24.4 Å². The number of nitrogens with one attached hydrogen (secondary N) is 1. The minimum absolute atomic E-state index is 0.0384. The van der Waals surface area contributed by atoms with Crippen LogP contribution in [0.5, 0.6) is 0 Å². The monoisotopic (exact) mass is 378 g/mol. The third kappa shape index (κ3) is 4.80. The molecule has 0 saturated carbocycles. The molecule has 0 radical (unpaired) electrons. The smallest absolute Gasteiger partial charge is 0.227 e. The van der Waals surface area contributed by atoms with Crippen molar-refractivity contribution in [1.29, 1.82) is 0 Å². The summed E-state index contributed by atoms with van der Waals surface area (Å²) in [5.41, 5.74) is 6.55. The third-order valence-electron chi connectivity index (χ3n) is 5.62. The normalized spacial score (nSPS) is 14.8. The van der Waals surface area contributed by atoms with Crippen molar-refractivity contribution in [2.45, 2.75) is 47.0 Å². The molecule has 4 nitrogen and oxygen atoms in total. The number of rotatable bonds is 4. The molecule has 1 fully saturated rings. The molecule has 4 heteroatoms. The van der Waals surface area contributed by atoms with Crippen LogP contribution in [0.25, 0.3) is 0 Å². The minimum atomic E-state index is -0.0384. The van der Waals surface area contributed by atoms with Crippen molar-refractivity contribution >= 4 is 17.5 Å². The Morgan fingerprint density at radius 3 is 2.07 bits per heavy atom. The fourth-order valence-corrected chi connectivity index (χ4v) is 3.99. The van der Waals surface area contributed by atoms with Crippen molar-refractivity contribution in [3.63, 3.8) is 0 Å². The van der Waals surface area contributed by atoms with E-state index in [1.807, 2.05) is 49.9 Å². The number of carbonyl (C=O) groups excluding carboxylic acids is 2. The molecule has 2 aromatic carbocycles. The largest absolute Gasteiger partial charge is 0.342 e. The van der Waals surface area contributed by atoms with E-state index < -0.39 is 0 Å². The van der Waals surface area contributed by atoms with E-state index in [4.69, 9.17) is 0 Å². The molecule has 1 N–H and O–H groups in total. The van der Waals surface area contributed by atoms with Crippen LogP contribution in [-0.2, 0) is 16.0 Å². The molecule has 0 bridgehead atoms. The number of hydrogen-bond acceptors (Lipinski definition) is 2. The predicted octanol–water partition coefficient (Wildman–Crippen LogP) is 4.34. The molecule has 28 heavy (non-hydrogen) atoms. The molecule has 1 aliphatic heterocycles. The quantitative estimate of drug-likeness (QED) is 0.860. The highest BCUT2D eigenvalue weighted by molar-refractivity contribution is 5.94. The van der Waals surface area contributed by atoms with Crippen molar-refractivity contribution in [3.8, 4) is 0 Å². The van der Waals surface area contributed by atoms with Gasteiger partial charge in [-0.05, 0) is 57.2 Å². The van der Waals surface area contributed by atoms with Gasteiger partial charge >= 0.3 is 0 Å². The average Bonchev–Trinajstić information content (AvgIpc) is 2.66. The van der Waals surface area contributed by atoms with Crippen LogP contribution in [-0.4, -0.2) is 29.8 Å². The summed E-state index contributed by atoms with van der Waals surface area (Å²) in [5, 5.41) is 3.12. The van der Waals surface area contributed by atoms with Crippen molar-refractivity contribution in [2.75, 3.05) is 18.4 Å². The number of benzene rings is 2. The number of hydrogen-bond donors (Lipinski definition) is 1. The second kappa shape index (κ2) is 8.59. The Balaban J connectivity index is 1.54. The number of aryl methyl sites for hydroxylation is 4. The highest BCUT2D eigenvalue weighted by Crippen LogP contribution is 2.25. The zero-order valence-corrected chi connectivity index (χ0v) is 17.3. The Labute approximate surface area is 167 Å². The maximum absolute atomic E-state index is 12.7. The van der Waals surface area contributed by atoms with E-state index >= 15 is 0 Å². The van der Waals surface area contributed by atoms with Gasteiger partial charge < -0.3 is 10.2 Å². The summed E-state index contributed by atoms with van der Waals surface area (Å²) in [7, 11) is 0. The van der Waals surface area contributed by atoms with Gasteiger partial charge in [0.25, 0.3) is 0 Å². The summed E-state index contributed by atoms with van der Waals surface area (Å²) in [6, 6.07) is 12.3. The van der Waals surface area contributed by atoms with E-state index in [9.17, 15) is 9.59 Å². The third-order valence-corrected chi connectivity index (χ3v) is 5.62. The van der Waals surface area contributed by atoms with Gasteiger partial charge in [-0.1, -0.05) is 47.5 Å². The fourth-order valence-electron chi connectivity index (χ4n) is 3.99. The van der Waals surface area contributed by atoms with Gasteiger partial charge in [-0.15, -0.1) is 0 Å². The van der Waals surface area contributed by atoms with Crippen LogP contribution >= 0.6 is 0 Å². The maximum Gasteiger partial charge on any atom is 0.227 e. The Morgan fingerprint density at radius 1 is 0.929 bits per heavy atom. The maximum atomic E-state index is 12.7. The number of nitrogens with zero attached hydrogens (tertiary/aromatic N) is 1. The first-order chi connectivity index (χ1) is 13.3. The standard InChI is InChI=1S/C24H30N2O2/c1-16-5-7-20(8-6-16)15-22(27)26-11-9-21(10-12-26)24(28)25-23-18(3)13-17(2)14-19(23)4/h5-8,13-14,21H,9-12,15H2,1-4H3,(H,25,28). The van der Waals surface area contributed by atoms with E-state index in [-0.39, 0.29) is 17.7 Å². The van der Waals surface area contributed by atoms with Crippen LogP contribution in [0.3, 0.4) is 0 Å². The molecule has 148 valence electrons. The van der Waals surface area contributed by atoms with E-state index in [1.165, 1.54) is 11.1 Å². The molecule has 2 aromatic rings. The molecule has 1 saturated heterocycles. The predicted molar refractivity (Wildman–Crippen MR) is 113 cm³/mol. The number of anilines is 1. The van der Waals surface area contributed by atoms with Crippen molar-refractivity contribution in [1.82, 2.24) is 4.90 Å². The van der Waals surface area contributed by atoms with Crippen molar-refractivity contribution < 1.29 is 9.59 Å². The summed E-state index contributed by atoms with van der Waals surface area (Å²) in [6.07, 6.45) is 1.86. The average molecular weight is 379 g/mol. The zero-order valence-electron chi connectivity index (χ0n) is 17.3. The number of amides is 2. The fraction of sp³-hybridized carbons (Fsp3) is 0.417. The molecular formula is C24H30N2O2. The number of piperidine rings is 1. The van der Waals surface area contributed by atoms with E-state index in [0.717, 1.165) is 35.2 Å². The molecule has 2 amide bonds. The second-order valence-electron chi connectivity index (χ2n) is 8.08. The number of carbonyl (C=O) groups is 2. The van der Waals surface area contributed by atoms with Gasteiger partial charge in [0.2, 0.25) is 11.8 Å². The van der Waals surface area contributed by atoms with E-state index in [0.29, 0.717) is 19.5 Å². The van der Waals surface area contributed by atoms with Crippen LogP contribution < -0.4 is 5.32 Å². The molecule has 0 unspecified atom stereocenters. The zero-order chi connectivity index (χ0) is 20.3. The molecule has 1 aliphatic rings. The molecule has 0 aromatic heterocycles. The van der Waals surface area contributed by atoms with E-state index in [1.54, 1.807) is 0 Å². The van der Waals surface area contributed by atoms with Crippen LogP contribution in [0.1, 0.15) is 40.7 Å². The van der Waals surface area contributed by atoms with Crippen molar-refractivity contribution in [2.24, 2.45) is 5.92 Å². The van der Waals surface area contributed by atoms with Gasteiger partial charge in [0.15, 0.2) is 0 Å². The molecule has 1 heterocycles. The lowest BCUT2D eigenvalue weighted by Gasteiger charge is -2.31. The summed E-state index contributed by atoms with van der Waals surface area (Å²) in [5.74, 6) is 0.178. The van der Waals surface area contributed by atoms with Crippen molar-refractivity contribution in [3.05, 3.63) is 64.2 Å². The lowest BCUT2D eigenvalue weighted by Crippen LogP contribution is -2.42. The Hall–Kier alpha value is -2.62. The Morgan fingerprint density at radius 2 is 1.50 bits per heavy atom. The van der Waals surface area contributed by atoms with Gasteiger partial charge in [0.05, 0.1) is 6.42 Å². The van der Waals surface area contributed by atoms with Crippen LogP contribution in [0.15, 0.2) is 36.4 Å². The molecular weight excluding hydrogens is 348 g/mol. The van der Waals surface area contributed by atoms with Crippen LogP contribution in [0.2, 0.25) is 0 Å². The first kappa shape index (κ1) is 20.1. The Bertz CT molecular complexity index is 840. The van der Waals surface area contributed by atoms with Crippen LogP contribution in [0, 0.1) is 33.6 Å². The molecule has 3 rings (SSSR count). The lowest BCUT2D eigenvalue weighted by molar-refractivity contribution is -0.133. The molecule has 0 spiro atoms. The topological polar surface area (TPSA) is 49.4 Å². The SMILES string of the molecule is Cc1ccc(CC(=O)N2CCC(C(=O)Nc3c(C)cc(C)cc3C)CC2)cc1. The molecule has 0 atom stereocenters. The minimum Gasteiger partial charge on any atom is -0.342 e. The molecule has 0 aliphatic carbocycles.